The first kappa shape index (κ1) is 14.6. The van der Waals surface area contributed by atoms with E-state index >= 15 is 0 Å². The van der Waals surface area contributed by atoms with Crippen molar-refractivity contribution in [2.45, 2.75) is 33.1 Å². The average Bonchev–Trinajstić information content (AvgIpc) is 2.64. The third-order valence-electron chi connectivity index (χ3n) is 3.78. The highest BCUT2D eigenvalue weighted by molar-refractivity contribution is 5.97. The largest absolute Gasteiger partial charge is 0.462 e. The van der Waals surface area contributed by atoms with Gasteiger partial charge in [-0.3, -0.25) is 0 Å². The molecule has 0 saturated carbocycles. The summed E-state index contributed by atoms with van der Waals surface area (Å²) in [6.07, 6.45) is 5.12. The van der Waals surface area contributed by atoms with Gasteiger partial charge in [0.05, 0.1) is 17.9 Å². The lowest BCUT2D eigenvalue weighted by atomic mass is 10.0. The van der Waals surface area contributed by atoms with Crippen molar-refractivity contribution in [1.29, 1.82) is 0 Å². The Kier molecular flexibility index (Phi) is 4.82. The first-order chi connectivity index (χ1) is 9.63. The maximum atomic E-state index is 11.9. The van der Waals surface area contributed by atoms with Gasteiger partial charge in [-0.25, -0.2) is 9.78 Å². The number of carbonyl (C=O) groups is 1. The third-order valence-corrected chi connectivity index (χ3v) is 3.78. The number of anilines is 2. The van der Waals surface area contributed by atoms with Crippen LogP contribution in [0.15, 0.2) is 12.3 Å². The first-order valence-electron chi connectivity index (χ1n) is 7.30. The van der Waals surface area contributed by atoms with Crippen molar-refractivity contribution in [2.75, 3.05) is 30.3 Å². The van der Waals surface area contributed by atoms with Crippen molar-refractivity contribution in [3.63, 3.8) is 0 Å². The van der Waals surface area contributed by atoms with Crippen molar-refractivity contribution < 1.29 is 9.53 Å². The van der Waals surface area contributed by atoms with E-state index < -0.39 is 0 Å². The molecule has 1 aromatic rings. The van der Waals surface area contributed by atoms with Crippen molar-refractivity contribution in [2.24, 2.45) is 5.92 Å². The molecule has 1 aliphatic heterocycles. The summed E-state index contributed by atoms with van der Waals surface area (Å²) < 4.78 is 5.03. The number of ether oxygens (including phenoxy) is 1. The maximum Gasteiger partial charge on any atom is 0.340 e. The molecule has 1 fully saturated rings. The number of nitrogens with zero attached hydrogens (tertiary/aromatic N) is 2. The number of hydrogen-bond acceptors (Lipinski definition) is 5. The summed E-state index contributed by atoms with van der Waals surface area (Å²) in [6.45, 7) is 6.28. The Hall–Kier alpha value is -1.78. The highest BCUT2D eigenvalue weighted by Crippen LogP contribution is 2.28. The second kappa shape index (κ2) is 6.59. The van der Waals surface area contributed by atoms with Gasteiger partial charge in [0.1, 0.15) is 0 Å². The highest BCUT2D eigenvalue weighted by Gasteiger charge is 2.20. The third kappa shape index (κ3) is 3.21. The van der Waals surface area contributed by atoms with Crippen molar-refractivity contribution in [1.82, 2.24) is 4.98 Å². The number of rotatable bonds is 3. The second-order valence-electron chi connectivity index (χ2n) is 5.34. The lowest BCUT2D eigenvalue weighted by molar-refractivity contribution is 0.0527. The van der Waals surface area contributed by atoms with E-state index in [-0.39, 0.29) is 5.97 Å². The Bertz CT molecular complexity index is 476. The van der Waals surface area contributed by atoms with Crippen LogP contribution in [0.2, 0.25) is 0 Å². The number of aromatic nitrogens is 1. The summed E-state index contributed by atoms with van der Waals surface area (Å²) in [7, 11) is 0. The number of nitrogens with two attached hydrogens (primary N) is 1. The number of esters is 1. The molecule has 0 aliphatic carbocycles. The van der Waals surface area contributed by atoms with Gasteiger partial charge in [-0.2, -0.15) is 0 Å². The van der Waals surface area contributed by atoms with Crippen LogP contribution in [0.25, 0.3) is 0 Å². The molecule has 2 heterocycles. The zero-order valence-corrected chi connectivity index (χ0v) is 12.3. The Morgan fingerprint density at radius 2 is 2.30 bits per heavy atom. The molecule has 1 saturated heterocycles. The summed E-state index contributed by atoms with van der Waals surface area (Å²) in [4.78, 5) is 18.4. The van der Waals surface area contributed by atoms with E-state index in [1.165, 1.54) is 6.42 Å². The van der Waals surface area contributed by atoms with Crippen molar-refractivity contribution in [3.8, 4) is 0 Å². The minimum absolute atomic E-state index is 0.344. The van der Waals surface area contributed by atoms with E-state index in [1.807, 2.05) is 0 Å². The van der Waals surface area contributed by atoms with E-state index in [9.17, 15) is 4.79 Å². The summed E-state index contributed by atoms with van der Waals surface area (Å²) in [5.74, 6) is 1.07. The molecule has 1 aromatic heterocycles. The van der Waals surface area contributed by atoms with Gasteiger partial charge in [-0.1, -0.05) is 6.92 Å². The molecule has 20 heavy (non-hydrogen) atoms. The van der Waals surface area contributed by atoms with E-state index in [0.717, 1.165) is 31.8 Å². The van der Waals surface area contributed by atoms with E-state index in [2.05, 4.69) is 16.8 Å². The van der Waals surface area contributed by atoms with Crippen molar-refractivity contribution in [3.05, 3.63) is 17.8 Å². The van der Waals surface area contributed by atoms with Gasteiger partial charge in [0.25, 0.3) is 0 Å². The summed E-state index contributed by atoms with van der Waals surface area (Å²) in [5.41, 5.74) is 6.97. The van der Waals surface area contributed by atoms with Gasteiger partial charge >= 0.3 is 5.97 Å². The van der Waals surface area contributed by atoms with Gasteiger partial charge < -0.3 is 15.4 Å². The Balaban J connectivity index is 2.23. The van der Waals surface area contributed by atoms with Crippen LogP contribution in [-0.4, -0.2) is 30.6 Å². The number of hydrogen-bond donors (Lipinski definition) is 1. The summed E-state index contributed by atoms with van der Waals surface area (Å²) in [6, 6.07) is 1.62. The minimum atomic E-state index is -0.378. The smallest absolute Gasteiger partial charge is 0.340 e. The van der Waals surface area contributed by atoms with Crippen LogP contribution in [0, 0.1) is 5.92 Å². The number of carbonyl (C=O) groups excluding carboxylic acids is 1. The molecule has 1 atom stereocenters. The standard InChI is InChI=1S/C15H23N3O2/c1-3-20-15(19)12-6-8-17-14(13(12)16)18-9-4-5-11(2)7-10-18/h6,8,11H,3-5,7,9-10,16H2,1-2H3. The van der Waals surface area contributed by atoms with Crippen LogP contribution in [0.1, 0.15) is 43.5 Å². The molecule has 2 rings (SSSR count). The van der Waals surface area contributed by atoms with E-state index in [0.29, 0.717) is 23.7 Å². The Labute approximate surface area is 120 Å². The molecule has 5 nitrogen and oxygen atoms in total. The molecule has 1 aliphatic rings. The van der Waals surface area contributed by atoms with Gasteiger partial charge in [-0.15, -0.1) is 0 Å². The topological polar surface area (TPSA) is 68.5 Å². The van der Waals surface area contributed by atoms with Crippen LogP contribution in [-0.2, 0) is 4.74 Å². The van der Waals surface area contributed by atoms with E-state index in [1.54, 1.807) is 19.2 Å². The lowest BCUT2D eigenvalue weighted by Crippen LogP contribution is -2.27. The van der Waals surface area contributed by atoms with Gasteiger partial charge in [0.2, 0.25) is 0 Å². The SMILES string of the molecule is CCOC(=O)c1ccnc(N2CCCC(C)CC2)c1N. The summed E-state index contributed by atoms with van der Waals surface area (Å²) >= 11 is 0. The number of pyridine rings is 1. The fourth-order valence-corrected chi connectivity index (χ4v) is 2.58. The molecular weight excluding hydrogens is 254 g/mol. The monoisotopic (exact) mass is 277 g/mol. The van der Waals surface area contributed by atoms with Crippen molar-refractivity contribution >= 4 is 17.5 Å². The average molecular weight is 277 g/mol. The zero-order valence-electron chi connectivity index (χ0n) is 12.3. The van der Waals surface area contributed by atoms with E-state index in [4.69, 9.17) is 10.5 Å². The molecular formula is C15H23N3O2. The van der Waals surface area contributed by atoms with Crippen LogP contribution < -0.4 is 10.6 Å². The van der Waals surface area contributed by atoms with Crippen LogP contribution >= 0.6 is 0 Å². The molecule has 1 unspecified atom stereocenters. The molecule has 2 N–H and O–H groups in total. The fraction of sp³-hybridized carbons (Fsp3) is 0.600. The lowest BCUT2D eigenvalue weighted by Gasteiger charge is -2.23. The quantitative estimate of drug-likeness (QED) is 0.860. The van der Waals surface area contributed by atoms with Crippen LogP contribution in [0.3, 0.4) is 0 Å². The Morgan fingerprint density at radius 1 is 1.50 bits per heavy atom. The highest BCUT2D eigenvalue weighted by atomic mass is 16.5. The molecule has 0 radical (unpaired) electrons. The fourth-order valence-electron chi connectivity index (χ4n) is 2.58. The van der Waals surface area contributed by atoms with Gasteiger partial charge in [0.15, 0.2) is 5.82 Å². The first-order valence-corrected chi connectivity index (χ1v) is 7.30. The minimum Gasteiger partial charge on any atom is -0.462 e. The number of nitrogen functional groups attached to an aromatic ring is 1. The molecule has 5 heteroatoms. The van der Waals surface area contributed by atoms with Gasteiger partial charge in [-0.05, 0) is 38.2 Å². The normalized spacial score (nSPS) is 19.5. The zero-order chi connectivity index (χ0) is 14.5. The molecule has 0 bridgehead atoms. The summed E-state index contributed by atoms with van der Waals surface area (Å²) in [5, 5.41) is 0. The molecule has 0 aromatic carbocycles. The molecule has 110 valence electrons. The van der Waals surface area contributed by atoms with Crippen LogP contribution in [0.4, 0.5) is 11.5 Å². The van der Waals surface area contributed by atoms with Crippen LogP contribution in [0.5, 0.6) is 0 Å². The Morgan fingerprint density at radius 3 is 3.05 bits per heavy atom. The molecule has 0 spiro atoms. The molecule has 0 amide bonds. The predicted molar refractivity (Wildman–Crippen MR) is 79.8 cm³/mol. The second-order valence-corrected chi connectivity index (χ2v) is 5.34. The van der Waals surface area contributed by atoms with Gasteiger partial charge in [0, 0.05) is 19.3 Å². The predicted octanol–water partition coefficient (Wildman–Crippen LogP) is 2.47. The maximum absolute atomic E-state index is 11.9.